The maximum Gasteiger partial charge on any atom is 0.393 e. The van der Waals surface area contributed by atoms with Crippen LogP contribution in [-0.4, -0.2) is 47.3 Å². The van der Waals surface area contributed by atoms with Gasteiger partial charge in [-0.05, 0) is 37.1 Å². The SMILES string of the molecule is COc1ccc(-c2noc(CCC(=O)N3CCCC(C(F)(F)F)C3)n2)cc1. The lowest BCUT2D eigenvalue weighted by molar-refractivity contribution is -0.188. The van der Waals surface area contributed by atoms with Gasteiger partial charge in [0.25, 0.3) is 0 Å². The molecule has 146 valence electrons. The number of hydrogen-bond donors (Lipinski definition) is 0. The molecule has 1 fully saturated rings. The molecule has 1 aromatic carbocycles. The topological polar surface area (TPSA) is 68.5 Å². The largest absolute Gasteiger partial charge is 0.497 e. The van der Waals surface area contributed by atoms with Crippen molar-refractivity contribution < 1.29 is 27.2 Å². The molecule has 9 heteroatoms. The number of halogens is 3. The molecule has 0 spiro atoms. The highest BCUT2D eigenvalue weighted by Gasteiger charge is 2.42. The number of carbonyl (C=O) groups excluding carboxylic acids is 1. The van der Waals surface area contributed by atoms with E-state index in [4.69, 9.17) is 9.26 Å². The van der Waals surface area contributed by atoms with Crippen LogP contribution < -0.4 is 4.74 Å². The summed E-state index contributed by atoms with van der Waals surface area (Å²) in [4.78, 5) is 17.8. The van der Waals surface area contributed by atoms with Gasteiger partial charge < -0.3 is 14.2 Å². The van der Waals surface area contributed by atoms with Gasteiger partial charge >= 0.3 is 6.18 Å². The molecule has 3 rings (SSSR count). The fraction of sp³-hybridized carbons (Fsp3) is 0.500. The number of alkyl halides is 3. The summed E-state index contributed by atoms with van der Waals surface area (Å²) in [6.07, 6.45) is -3.61. The first kappa shape index (κ1) is 19.2. The Labute approximate surface area is 154 Å². The Morgan fingerprint density at radius 2 is 2.07 bits per heavy atom. The second-order valence-corrected chi connectivity index (χ2v) is 6.46. The van der Waals surface area contributed by atoms with Crippen molar-refractivity contribution in [2.24, 2.45) is 5.92 Å². The molecular weight excluding hydrogens is 363 g/mol. The fourth-order valence-electron chi connectivity index (χ4n) is 3.06. The number of carbonyl (C=O) groups is 1. The summed E-state index contributed by atoms with van der Waals surface area (Å²) < 4.78 is 48.8. The van der Waals surface area contributed by atoms with Crippen LogP contribution in [0.25, 0.3) is 11.4 Å². The summed E-state index contributed by atoms with van der Waals surface area (Å²) >= 11 is 0. The van der Waals surface area contributed by atoms with Crippen LogP contribution in [0.3, 0.4) is 0 Å². The highest BCUT2D eigenvalue weighted by atomic mass is 19.4. The van der Waals surface area contributed by atoms with Crippen LogP contribution in [0.1, 0.15) is 25.2 Å². The van der Waals surface area contributed by atoms with Gasteiger partial charge in [0.05, 0.1) is 13.0 Å². The minimum Gasteiger partial charge on any atom is -0.497 e. The molecule has 1 aliphatic heterocycles. The lowest BCUT2D eigenvalue weighted by Gasteiger charge is -2.33. The third kappa shape index (κ3) is 4.78. The van der Waals surface area contributed by atoms with E-state index in [1.54, 1.807) is 31.4 Å². The van der Waals surface area contributed by atoms with E-state index in [0.29, 0.717) is 24.5 Å². The molecule has 1 aromatic heterocycles. The average molecular weight is 383 g/mol. The van der Waals surface area contributed by atoms with Gasteiger partial charge in [-0.2, -0.15) is 18.2 Å². The van der Waals surface area contributed by atoms with Crippen LogP contribution in [0, 0.1) is 5.92 Å². The van der Waals surface area contributed by atoms with Crippen LogP contribution in [-0.2, 0) is 11.2 Å². The van der Waals surface area contributed by atoms with Crippen molar-refractivity contribution in [2.45, 2.75) is 31.9 Å². The quantitative estimate of drug-likeness (QED) is 0.791. The summed E-state index contributed by atoms with van der Waals surface area (Å²) in [5, 5.41) is 3.88. The second-order valence-electron chi connectivity index (χ2n) is 6.46. The first-order valence-corrected chi connectivity index (χ1v) is 8.68. The van der Waals surface area contributed by atoms with Gasteiger partial charge in [-0.1, -0.05) is 5.16 Å². The molecule has 0 radical (unpaired) electrons. The van der Waals surface area contributed by atoms with Gasteiger partial charge in [-0.25, -0.2) is 0 Å². The number of aryl methyl sites for hydroxylation is 1. The van der Waals surface area contributed by atoms with E-state index >= 15 is 0 Å². The predicted molar refractivity (Wildman–Crippen MR) is 90.0 cm³/mol. The van der Waals surface area contributed by atoms with Crippen LogP contribution in [0.4, 0.5) is 13.2 Å². The summed E-state index contributed by atoms with van der Waals surface area (Å²) in [5.41, 5.74) is 0.737. The summed E-state index contributed by atoms with van der Waals surface area (Å²) in [5.74, 6) is -0.408. The average Bonchev–Trinajstić information content (AvgIpc) is 3.14. The molecule has 2 aromatic rings. The van der Waals surface area contributed by atoms with E-state index in [1.807, 2.05) is 0 Å². The first-order valence-electron chi connectivity index (χ1n) is 8.68. The Bertz CT molecular complexity index is 774. The molecule has 1 saturated heterocycles. The third-order valence-corrected chi connectivity index (χ3v) is 4.61. The first-order chi connectivity index (χ1) is 12.9. The smallest absolute Gasteiger partial charge is 0.393 e. The molecule has 0 aliphatic carbocycles. The highest BCUT2D eigenvalue weighted by Crippen LogP contribution is 2.33. The summed E-state index contributed by atoms with van der Waals surface area (Å²) in [6.45, 7) is 0.0790. The molecular formula is C18H20F3N3O3. The monoisotopic (exact) mass is 383 g/mol. The third-order valence-electron chi connectivity index (χ3n) is 4.61. The molecule has 27 heavy (non-hydrogen) atoms. The lowest BCUT2D eigenvalue weighted by atomic mass is 9.97. The Morgan fingerprint density at radius 1 is 1.33 bits per heavy atom. The number of nitrogens with zero attached hydrogens (tertiary/aromatic N) is 3. The van der Waals surface area contributed by atoms with Crippen LogP contribution in [0.5, 0.6) is 5.75 Å². The van der Waals surface area contributed by atoms with E-state index in [9.17, 15) is 18.0 Å². The molecule has 0 bridgehead atoms. The van der Waals surface area contributed by atoms with Crippen molar-refractivity contribution in [2.75, 3.05) is 20.2 Å². The van der Waals surface area contributed by atoms with Crippen LogP contribution >= 0.6 is 0 Å². The van der Waals surface area contributed by atoms with Crippen molar-refractivity contribution >= 4 is 5.91 Å². The predicted octanol–water partition coefficient (Wildman–Crippen LogP) is 3.48. The molecule has 1 amide bonds. The van der Waals surface area contributed by atoms with E-state index in [2.05, 4.69) is 10.1 Å². The van der Waals surface area contributed by atoms with Crippen LogP contribution in [0.15, 0.2) is 28.8 Å². The lowest BCUT2D eigenvalue weighted by Crippen LogP contribution is -2.44. The second kappa shape index (κ2) is 7.98. The number of rotatable bonds is 5. The van der Waals surface area contributed by atoms with Gasteiger partial charge in [-0.3, -0.25) is 4.79 Å². The van der Waals surface area contributed by atoms with Gasteiger partial charge in [0.15, 0.2) is 0 Å². The van der Waals surface area contributed by atoms with E-state index < -0.39 is 12.1 Å². The Morgan fingerprint density at radius 3 is 2.74 bits per heavy atom. The Balaban J connectivity index is 1.55. The van der Waals surface area contributed by atoms with Crippen molar-refractivity contribution in [1.82, 2.24) is 15.0 Å². The summed E-state index contributed by atoms with van der Waals surface area (Å²) in [7, 11) is 1.57. The van der Waals surface area contributed by atoms with Gasteiger partial charge in [0.1, 0.15) is 5.75 Å². The minimum atomic E-state index is -4.27. The van der Waals surface area contributed by atoms with Crippen LogP contribution in [0.2, 0.25) is 0 Å². The molecule has 6 nitrogen and oxygen atoms in total. The maximum absolute atomic E-state index is 12.9. The normalized spacial score (nSPS) is 17.8. The van der Waals surface area contributed by atoms with E-state index in [0.717, 1.165) is 5.56 Å². The number of likely N-dealkylation sites (tertiary alicyclic amines) is 1. The zero-order chi connectivity index (χ0) is 19.4. The number of methoxy groups -OCH3 is 1. The number of hydrogen-bond acceptors (Lipinski definition) is 5. The molecule has 0 saturated carbocycles. The van der Waals surface area contributed by atoms with E-state index in [-0.39, 0.29) is 37.6 Å². The maximum atomic E-state index is 12.9. The molecule has 1 atom stereocenters. The highest BCUT2D eigenvalue weighted by molar-refractivity contribution is 5.76. The summed E-state index contributed by atoms with van der Waals surface area (Å²) in [6, 6.07) is 7.10. The minimum absolute atomic E-state index is 0.0365. The van der Waals surface area contributed by atoms with Gasteiger partial charge in [0.2, 0.25) is 17.6 Å². The Hall–Kier alpha value is -2.58. The Kier molecular flexibility index (Phi) is 5.67. The van der Waals surface area contributed by atoms with Gasteiger partial charge in [-0.15, -0.1) is 0 Å². The molecule has 1 unspecified atom stereocenters. The number of benzene rings is 1. The number of aromatic nitrogens is 2. The number of amides is 1. The zero-order valence-corrected chi connectivity index (χ0v) is 14.8. The van der Waals surface area contributed by atoms with Crippen molar-refractivity contribution in [3.05, 3.63) is 30.2 Å². The number of ether oxygens (including phenoxy) is 1. The number of piperidine rings is 1. The van der Waals surface area contributed by atoms with Crippen molar-refractivity contribution in [1.29, 1.82) is 0 Å². The molecule has 0 N–H and O–H groups in total. The molecule has 1 aliphatic rings. The zero-order valence-electron chi connectivity index (χ0n) is 14.8. The van der Waals surface area contributed by atoms with Gasteiger partial charge in [0, 0.05) is 31.5 Å². The molecule has 2 heterocycles. The van der Waals surface area contributed by atoms with Crippen molar-refractivity contribution in [3.63, 3.8) is 0 Å². The fourth-order valence-corrected chi connectivity index (χ4v) is 3.06. The van der Waals surface area contributed by atoms with Crippen molar-refractivity contribution in [3.8, 4) is 17.1 Å². The standard InChI is InChI=1S/C18H20F3N3O3/c1-26-14-6-4-12(5-7-14)17-22-15(27-23-17)8-9-16(25)24-10-2-3-13(11-24)18(19,20)21/h4-7,13H,2-3,8-11H2,1H3. The van der Waals surface area contributed by atoms with E-state index in [1.165, 1.54) is 4.90 Å².